The van der Waals surface area contributed by atoms with Crippen molar-refractivity contribution in [2.45, 2.75) is 23.7 Å². The van der Waals surface area contributed by atoms with Gasteiger partial charge in [0.1, 0.15) is 4.92 Å². The summed E-state index contributed by atoms with van der Waals surface area (Å²) in [5.74, 6) is -19.2. The van der Waals surface area contributed by atoms with E-state index in [0.717, 1.165) is 18.2 Å². The first-order valence-electron chi connectivity index (χ1n) is 5.41. The van der Waals surface area contributed by atoms with Crippen molar-refractivity contribution in [1.29, 1.82) is 0 Å². The summed E-state index contributed by atoms with van der Waals surface area (Å²) in [5, 5.41) is 20.4. The summed E-state index contributed by atoms with van der Waals surface area (Å²) in [6.07, 6.45) is 0. The minimum absolute atomic E-state index is 0.262. The molecule has 0 aliphatic heterocycles. The summed E-state index contributed by atoms with van der Waals surface area (Å²) >= 11 is 0. The van der Waals surface area contributed by atoms with Gasteiger partial charge in [0.15, 0.2) is 0 Å². The van der Waals surface area contributed by atoms with Crippen LogP contribution >= 0.6 is 0 Å². The van der Waals surface area contributed by atoms with E-state index in [4.69, 9.17) is 0 Å². The van der Waals surface area contributed by atoms with Crippen LogP contribution in [0.4, 0.5) is 30.7 Å². The molecule has 1 unspecified atom stereocenters. The Hall–Kier alpha value is -2.47. The van der Waals surface area contributed by atoms with Crippen LogP contribution in [0.15, 0.2) is 30.3 Å². The van der Waals surface area contributed by atoms with Gasteiger partial charge in [-0.15, -0.1) is 8.78 Å². The third-order valence-corrected chi connectivity index (χ3v) is 2.83. The lowest BCUT2D eigenvalue weighted by Gasteiger charge is -2.31. The Morgan fingerprint density at radius 2 is 1.22 bits per heavy atom. The molecule has 1 rings (SSSR count). The van der Waals surface area contributed by atoms with E-state index < -0.39 is 39.1 Å². The van der Waals surface area contributed by atoms with Gasteiger partial charge in [0.2, 0.25) is 0 Å². The Kier molecular flexibility index (Phi) is 4.29. The average molecular weight is 350 g/mol. The van der Waals surface area contributed by atoms with Crippen molar-refractivity contribution in [2.75, 3.05) is 0 Å². The van der Waals surface area contributed by atoms with Gasteiger partial charge >= 0.3 is 23.7 Å². The number of benzene rings is 1. The summed E-state index contributed by atoms with van der Waals surface area (Å²) < 4.78 is 94.5. The van der Waals surface area contributed by atoms with Crippen LogP contribution in [-0.4, -0.2) is 27.6 Å². The van der Waals surface area contributed by atoms with Crippen molar-refractivity contribution < 1.29 is 40.6 Å². The lowest BCUT2D eigenvalue weighted by atomic mass is 9.92. The molecule has 0 radical (unpaired) electrons. The number of nitrogens with zero attached hydrogens (tertiary/aromatic N) is 2. The molecule has 0 spiro atoms. The molecule has 0 aromatic heterocycles. The number of alkyl halides is 7. The van der Waals surface area contributed by atoms with E-state index in [1.807, 2.05) is 0 Å². The molecule has 0 saturated heterocycles. The average Bonchev–Trinajstić information content (AvgIpc) is 2.46. The Labute approximate surface area is 121 Å². The maximum atomic E-state index is 14.0. The molecular weight excluding hydrogens is 345 g/mol. The molecule has 0 heterocycles. The zero-order valence-corrected chi connectivity index (χ0v) is 10.6. The number of hydrogen-bond acceptors (Lipinski definition) is 4. The van der Waals surface area contributed by atoms with Crippen LogP contribution in [0.2, 0.25) is 0 Å². The third-order valence-electron chi connectivity index (χ3n) is 2.83. The maximum absolute atomic E-state index is 14.0. The van der Waals surface area contributed by atoms with Crippen LogP contribution in [-0.2, 0) is 5.92 Å². The van der Waals surface area contributed by atoms with Crippen LogP contribution in [0.1, 0.15) is 5.56 Å². The minimum Gasteiger partial charge on any atom is -0.261 e. The highest BCUT2D eigenvalue weighted by atomic mass is 19.3. The summed E-state index contributed by atoms with van der Waals surface area (Å²) in [5.41, 5.74) is -1.74. The molecule has 0 N–H and O–H groups in total. The Balaban J connectivity index is 3.68. The second kappa shape index (κ2) is 5.31. The molecule has 23 heavy (non-hydrogen) atoms. The Morgan fingerprint density at radius 3 is 1.57 bits per heavy atom. The molecule has 0 bridgehead atoms. The molecule has 0 aliphatic carbocycles. The second-order valence-corrected chi connectivity index (χ2v) is 4.19. The minimum atomic E-state index is -6.97. The molecule has 0 fully saturated rings. The smallest absolute Gasteiger partial charge is 0.261 e. The van der Waals surface area contributed by atoms with E-state index in [1.54, 1.807) is 0 Å². The number of rotatable bonds is 6. The molecule has 1 aromatic carbocycles. The van der Waals surface area contributed by atoms with E-state index in [1.165, 1.54) is 0 Å². The monoisotopic (exact) mass is 350 g/mol. The van der Waals surface area contributed by atoms with Crippen LogP contribution in [0.5, 0.6) is 0 Å². The lowest BCUT2D eigenvalue weighted by Crippen LogP contribution is -2.69. The molecular formula is C10H5F7N2O4. The van der Waals surface area contributed by atoms with Gasteiger partial charge in [-0.1, -0.05) is 30.3 Å². The van der Waals surface area contributed by atoms with Crippen molar-refractivity contribution in [1.82, 2.24) is 0 Å². The van der Waals surface area contributed by atoms with Gasteiger partial charge in [-0.25, -0.2) is 0 Å². The summed E-state index contributed by atoms with van der Waals surface area (Å²) in [7, 11) is 0. The molecule has 0 amide bonds. The maximum Gasteiger partial charge on any atom is 0.587 e. The molecule has 0 aliphatic rings. The van der Waals surface area contributed by atoms with Gasteiger partial charge in [0.05, 0.1) is 4.92 Å². The molecule has 1 atom stereocenters. The standard InChI is InChI=1S/C10H5F7N2O4/c11-7(12,6-4-2-1-3-5-6)9(15,18(20)21)8(13,14)10(16,17)19(22)23/h1-5H. The van der Waals surface area contributed by atoms with E-state index in [0.29, 0.717) is 0 Å². The normalized spacial score (nSPS) is 15.8. The van der Waals surface area contributed by atoms with Crippen molar-refractivity contribution in [3.63, 3.8) is 0 Å². The first kappa shape index (κ1) is 18.6. The molecule has 6 nitrogen and oxygen atoms in total. The fraction of sp³-hybridized carbons (Fsp3) is 0.400. The Morgan fingerprint density at radius 1 is 0.783 bits per heavy atom. The summed E-state index contributed by atoms with van der Waals surface area (Å²) in [6, 6.07) is -3.60. The summed E-state index contributed by atoms with van der Waals surface area (Å²) in [4.78, 5) is 14.3. The van der Waals surface area contributed by atoms with E-state index >= 15 is 0 Å². The van der Waals surface area contributed by atoms with Crippen LogP contribution < -0.4 is 0 Å². The van der Waals surface area contributed by atoms with Gasteiger partial charge in [0, 0.05) is 5.56 Å². The van der Waals surface area contributed by atoms with Gasteiger partial charge in [0.25, 0.3) is 0 Å². The largest absolute Gasteiger partial charge is 0.587 e. The van der Waals surface area contributed by atoms with Crippen molar-refractivity contribution in [3.05, 3.63) is 56.1 Å². The van der Waals surface area contributed by atoms with E-state index in [-0.39, 0.29) is 12.1 Å². The SMILES string of the molecule is O=[N+]([O-])C(F)(F)C(F)(F)C(F)([N+](=O)[O-])C(F)(F)c1ccccc1. The molecule has 128 valence electrons. The molecule has 1 aromatic rings. The van der Waals surface area contributed by atoms with E-state index in [9.17, 15) is 51.0 Å². The van der Waals surface area contributed by atoms with Crippen LogP contribution in [0, 0.1) is 20.2 Å². The first-order chi connectivity index (χ1) is 10.2. The zero-order chi connectivity index (χ0) is 18.3. The number of hydrogen-bond donors (Lipinski definition) is 0. The quantitative estimate of drug-likeness (QED) is 0.341. The highest BCUT2D eigenvalue weighted by molar-refractivity contribution is 5.24. The van der Waals surface area contributed by atoms with Crippen molar-refractivity contribution in [3.8, 4) is 0 Å². The van der Waals surface area contributed by atoms with Crippen LogP contribution in [0.25, 0.3) is 0 Å². The highest BCUT2D eigenvalue weighted by Crippen LogP contribution is 2.55. The fourth-order valence-corrected chi connectivity index (χ4v) is 1.58. The number of nitro groups is 2. The van der Waals surface area contributed by atoms with Gasteiger partial charge < -0.3 is 0 Å². The van der Waals surface area contributed by atoms with Gasteiger partial charge in [-0.05, 0) is 0 Å². The fourth-order valence-electron chi connectivity index (χ4n) is 1.58. The van der Waals surface area contributed by atoms with E-state index in [2.05, 4.69) is 0 Å². The van der Waals surface area contributed by atoms with Crippen LogP contribution in [0.3, 0.4) is 0 Å². The number of halogens is 7. The Bertz CT molecular complexity index is 625. The highest BCUT2D eigenvalue weighted by Gasteiger charge is 2.93. The lowest BCUT2D eigenvalue weighted by molar-refractivity contribution is -0.740. The topological polar surface area (TPSA) is 86.3 Å². The third kappa shape index (κ3) is 2.35. The van der Waals surface area contributed by atoms with Crippen molar-refractivity contribution in [2.24, 2.45) is 0 Å². The first-order valence-corrected chi connectivity index (χ1v) is 5.41. The molecule has 0 saturated carbocycles. The zero-order valence-electron chi connectivity index (χ0n) is 10.6. The molecule has 13 heteroatoms. The van der Waals surface area contributed by atoms with Crippen molar-refractivity contribution >= 4 is 0 Å². The van der Waals surface area contributed by atoms with Gasteiger partial charge in [-0.2, -0.15) is 22.0 Å². The summed E-state index contributed by atoms with van der Waals surface area (Å²) in [6.45, 7) is 0. The van der Waals surface area contributed by atoms with Gasteiger partial charge in [-0.3, -0.25) is 20.2 Å². The second-order valence-electron chi connectivity index (χ2n) is 4.19. The predicted octanol–water partition coefficient (Wildman–Crippen LogP) is 3.23. The predicted molar refractivity (Wildman–Crippen MR) is 58.1 cm³/mol.